The highest BCUT2D eigenvalue weighted by Crippen LogP contribution is 2.28. The van der Waals surface area contributed by atoms with E-state index in [1.54, 1.807) is 19.2 Å². The average molecular weight is 340 g/mol. The van der Waals surface area contributed by atoms with E-state index in [1.807, 2.05) is 57.2 Å². The molecule has 2 rings (SSSR count). The molecule has 0 radical (unpaired) electrons. The van der Waals surface area contributed by atoms with Gasteiger partial charge in [-0.1, -0.05) is 50.8 Å². The fraction of sp³-hybridized carbons (Fsp3) is 0.286. The molecule has 0 saturated heterocycles. The molecule has 4 nitrogen and oxygen atoms in total. The van der Waals surface area contributed by atoms with Crippen LogP contribution in [0, 0.1) is 5.41 Å². The first kappa shape index (κ1) is 20.3. The van der Waals surface area contributed by atoms with Crippen molar-refractivity contribution in [3.8, 4) is 11.5 Å². The van der Waals surface area contributed by atoms with Crippen molar-refractivity contribution in [2.24, 2.45) is 0 Å². The molecule has 134 valence electrons. The lowest BCUT2D eigenvalue weighted by Crippen LogP contribution is -2.22. The number of methoxy groups -OCH3 is 1. The highest BCUT2D eigenvalue weighted by atomic mass is 16.5. The molecule has 0 aliphatic heterocycles. The van der Waals surface area contributed by atoms with E-state index in [0.717, 1.165) is 22.6 Å². The molecule has 0 aliphatic carbocycles. The van der Waals surface area contributed by atoms with Gasteiger partial charge in [0.1, 0.15) is 11.5 Å². The second kappa shape index (κ2) is 10.2. The molecule has 0 saturated carbocycles. The van der Waals surface area contributed by atoms with Crippen LogP contribution in [-0.2, 0) is 0 Å². The quantitative estimate of drug-likeness (QED) is 0.618. The summed E-state index contributed by atoms with van der Waals surface area (Å²) in [6.45, 7) is 9.74. The van der Waals surface area contributed by atoms with Gasteiger partial charge in [-0.15, -0.1) is 0 Å². The largest absolute Gasteiger partial charge is 0.508 e. The first-order valence-corrected chi connectivity index (χ1v) is 8.43. The Kier molecular flexibility index (Phi) is 8.27. The van der Waals surface area contributed by atoms with Gasteiger partial charge in [0.25, 0.3) is 0 Å². The Balaban J connectivity index is 0.00000151. The van der Waals surface area contributed by atoms with Gasteiger partial charge in [-0.2, -0.15) is 0 Å². The Morgan fingerprint density at radius 3 is 2.48 bits per heavy atom. The van der Waals surface area contributed by atoms with Crippen LogP contribution in [0.2, 0.25) is 0 Å². The topological polar surface area (TPSA) is 65.3 Å². The van der Waals surface area contributed by atoms with Crippen molar-refractivity contribution >= 4 is 5.71 Å². The van der Waals surface area contributed by atoms with E-state index in [4.69, 9.17) is 10.1 Å². The van der Waals surface area contributed by atoms with Crippen LogP contribution in [0.5, 0.6) is 11.5 Å². The first-order valence-electron chi connectivity index (χ1n) is 8.43. The third-order valence-electron chi connectivity index (χ3n) is 3.56. The second-order valence-corrected chi connectivity index (χ2v) is 5.45. The standard InChI is InChI=1S/C19H22N2O2.C2H6/c1-13(2)21-18(16-9-4-5-10-19(16)22)12-17(20)14-7-6-8-15(11-14)23-3;1-2/h4-11,18,20-22H,1,12H2,2-3H3;1-2H3. The smallest absolute Gasteiger partial charge is 0.120 e. The van der Waals surface area contributed by atoms with Crippen molar-refractivity contribution in [1.82, 2.24) is 5.32 Å². The molecule has 1 atom stereocenters. The Bertz CT molecular complexity index is 711. The van der Waals surface area contributed by atoms with Gasteiger partial charge in [0.05, 0.1) is 13.2 Å². The maximum atomic E-state index is 10.1. The summed E-state index contributed by atoms with van der Waals surface area (Å²) in [6, 6.07) is 14.4. The van der Waals surface area contributed by atoms with Gasteiger partial charge in [0, 0.05) is 23.4 Å². The first-order chi connectivity index (χ1) is 12.0. The zero-order chi connectivity index (χ0) is 18.8. The van der Waals surface area contributed by atoms with Gasteiger partial charge >= 0.3 is 0 Å². The zero-order valence-corrected chi connectivity index (χ0v) is 15.5. The highest BCUT2D eigenvalue weighted by molar-refractivity contribution is 5.99. The Morgan fingerprint density at radius 1 is 1.20 bits per heavy atom. The number of ether oxygens (including phenoxy) is 1. The summed E-state index contributed by atoms with van der Waals surface area (Å²) in [5.41, 5.74) is 2.80. The second-order valence-electron chi connectivity index (χ2n) is 5.45. The molecule has 2 aromatic rings. The van der Waals surface area contributed by atoms with E-state index < -0.39 is 0 Å². The minimum atomic E-state index is -0.215. The maximum Gasteiger partial charge on any atom is 0.120 e. The van der Waals surface area contributed by atoms with Gasteiger partial charge in [0.15, 0.2) is 0 Å². The van der Waals surface area contributed by atoms with Crippen LogP contribution in [0.1, 0.15) is 44.4 Å². The molecule has 0 amide bonds. The SMILES string of the molecule is C=C(C)NC(CC(=N)c1cccc(OC)c1)c1ccccc1O.CC. The zero-order valence-electron chi connectivity index (χ0n) is 15.5. The maximum absolute atomic E-state index is 10.1. The Morgan fingerprint density at radius 2 is 1.88 bits per heavy atom. The van der Waals surface area contributed by atoms with Crippen molar-refractivity contribution in [3.63, 3.8) is 0 Å². The van der Waals surface area contributed by atoms with Crippen LogP contribution >= 0.6 is 0 Å². The van der Waals surface area contributed by atoms with E-state index in [9.17, 15) is 5.11 Å². The molecule has 1 unspecified atom stereocenters. The van der Waals surface area contributed by atoms with E-state index >= 15 is 0 Å². The number of para-hydroxylation sites is 1. The van der Waals surface area contributed by atoms with Crippen molar-refractivity contribution in [2.45, 2.75) is 33.2 Å². The minimum absolute atomic E-state index is 0.213. The summed E-state index contributed by atoms with van der Waals surface area (Å²) < 4.78 is 5.21. The lowest BCUT2D eigenvalue weighted by atomic mass is 9.96. The number of rotatable bonds is 7. The highest BCUT2D eigenvalue weighted by Gasteiger charge is 2.18. The van der Waals surface area contributed by atoms with E-state index in [-0.39, 0.29) is 11.8 Å². The van der Waals surface area contributed by atoms with Crippen molar-refractivity contribution in [2.75, 3.05) is 7.11 Å². The summed E-state index contributed by atoms with van der Waals surface area (Å²) in [5, 5.41) is 21.7. The van der Waals surface area contributed by atoms with E-state index in [2.05, 4.69) is 11.9 Å². The third kappa shape index (κ3) is 5.99. The Hall–Kier alpha value is -2.75. The lowest BCUT2D eigenvalue weighted by molar-refractivity contribution is 0.414. The summed E-state index contributed by atoms with van der Waals surface area (Å²) >= 11 is 0. The summed E-state index contributed by atoms with van der Waals surface area (Å²) in [6.07, 6.45) is 0.428. The molecule has 4 heteroatoms. The predicted molar refractivity (Wildman–Crippen MR) is 105 cm³/mol. The van der Waals surface area contributed by atoms with Gasteiger partial charge in [-0.3, -0.25) is 0 Å². The van der Waals surface area contributed by atoms with Crippen LogP contribution in [0.25, 0.3) is 0 Å². The summed E-state index contributed by atoms with van der Waals surface area (Å²) in [7, 11) is 1.61. The molecule has 0 fully saturated rings. The fourth-order valence-corrected chi connectivity index (χ4v) is 2.45. The number of nitrogens with one attached hydrogen (secondary N) is 2. The summed E-state index contributed by atoms with van der Waals surface area (Å²) in [4.78, 5) is 0. The number of phenols is 1. The van der Waals surface area contributed by atoms with Crippen LogP contribution < -0.4 is 10.1 Å². The molecular formula is C21H28N2O2. The van der Waals surface area contributed by atoms with E-state index in [1.165, 1.54) is 0 Å². The number of hydrogen-bond donors (Lipinski definition) is 3. The lowest BCUT2D eigenvalue weighted by Gasteiger charge is -2.22. The molecule has 0 bridgehead atoms. The minimum Gasteiger partial charge on any atom is -0.508 e. The number of hydrogen-bond acceptors (Lipinski definition) is 4. The summed E-state index contributed by atoms with van der Waals surface area (Å²) in [5.74, 6) is 0.934. The van der Waals surface area contributed by atoms with Crippen LogP contribution in [0.4, 0.5) is 0 Å². The monoisotopic (exact) mass is 340 g/mol. The molecule has 0 aliphatic rings. The molecule has 25 heavy (non-hydrogen) atoms. The number of allylic oxidation sites excluding steroid dienone is 1. The van der Waals surface area contributed by atoms with Gasteiger partial charge in [0.2, 0.25) is 0 Å². The predicted octanol–water partition coefficient (Wildman–Crippen LogP) is 5.05. The van der Waals surface area contributed by atoms with Crippen molar-refractivity contribution < 1.29 is 9.84 Å². The molecule has 2 aromatic carbocycles. The van der Waals surface area contributed by atoms with Crippen LogP contribution in [0.3, 0.4) is 0 Å². The van der Waals surface area contributed by atoms with Crippen molar-refractivity contribution in [3.05, 3.63) is 71.9 Å². The van der Waals surface area contributed by atoms with E-state index in [0.29, 0.717) is 12.1 Å². The molecule has 3 N–H and O–H groups in total. The molecule has 0 heterocycles. The fourth-order valence-electron chi connectivity index (χ4n) is 2.45. The number of phenolic OH excluding ortho intramolecular Hbond substituents is 1. The van der Waals surface area contributed by atoms with Gasteiger partial charge in [-0.05, 0) is 30.7 Å². The molecule has 0 spiro atoms. The molecular weight excluding hydrogens is 312 g/mol. The number of aromatic hydroxyl groups is 1. The van der Waals surface area contributed by atoms with Crippen molar-refractivity contribution in [1.29, 1.82) is 5.41 Å². The Labute approximate surface area is 150 Å². The number of benzene rings is 2. The third-order valence-corrected chi connectivity index (χ3v) is 3.56. The van der Waals surface area contributed by atoms with Crippen LogP contribution in [-0.4, -0.2) is 17.9 Å². The van der Waals surface area contributed by atoms with Crippen LogP contribution in [0.15, 0.2) is 60.8 Å². The average Bonchev–Trinajstić information content (AvgIpc) is 2.63. The van der Waals surface area contributed by atoms with Gasteiger partial charge < -0.3 is 20.6 Å². The molecule has 0 aromatic heterocycles. The van der Waals surface area contributed by atoms with Gasteiger partial charge in [-0.25, -0.2) is 0 Å². The normalized spacial score (nSPS) is 10.9.